The standard InChI is InChI=1S/C32H32N6O3/c1-3-5-10-29-33-28(4-2)27(19-21-11-17-24(18-12-21)32(39)40)31(34-29)41-20-22-13-15-23(16-14-22)25-8-6-7-9-26(25)30-35-37-38-36-30/h6-9,11-18H,3-5,10,19-20H2,1-2H3,(H,39,40)(H,35,36,37,38). The van der Waals surface area contributed by atoms with E-state index in [9.17, 15) is 9.90 Å². The quantitative estimate of drug-likeness (QED) is 0.192. The summed E-state index contributed by atoms with van der Waals surface area (Å²) in [6.45, 7) is 4.59. The first kappa shape index (κ1) is 27.6. The first-order valence-corrected chi connectivity index (χ1v) is 13.8. The average molecular weight is 549 g/mol. The molecule has 208 valence electrons. The molecule has 41 heavy (non-hydrogen) atoms. The predicted octanol–water partition coefficient (Wildman–Crippen LogP) is 6.10. The molecule has 9 heteroatoms. The molecule has 0 aliphatic rings. The third-order valence-electron chi connectivity index (χ3n) is 6.94. The third-order valence-corrected chi connectivity index (χ3v) is 6.94. The van der Waals surface area contributed by atoms with Gasteiger partial charge in [0, 0.05) is 24.0 Å². The summed E-state index contributed by atoms with van der Waals surface area (Å²) in [6.07, 6.45) is 4.16. The Balaban J connectivity index is 1.39. The van der Waals surface area contributed by atoms with E-state index >= 15 is 0 Å². The molecule has 0 atom stereocenters. The molecule has 0 unspecified atom stereocenters. The Kier molecular flexibility index (Phi) is 8.73. The lowest BCUT2D eigenvalue weighted by molar-refractivity contribution is 0.0697. The van der Waals surface area contributed by atoms with Crippen LogP contribution in [0.1, 0.15) is 65.3 Å². The molecule has 0 aliphatic heterocycles. The lowest BCUT2D eigenvalue weighted by Gasteiger charge is -2.16. The number of ether oxygens (including phenoxy) is 1. The van der Waals surface area contributed by atoms with Crippen molar-refractivity contribution in [2.45, 2.75) is 52.6 Å². The van der Waals surface area contributed by atoms with Gasteiger partial charge < -0.3 is 9.84 Å². The van der Waals surface area contributed by atoms with E-state index in [2.05, 4.69) is 58.7 Å². The Hall–Kier alpha value is -4.92. The van der Waals surface area contributed by atoms with Crippen LogP contribution in [0.15, 0.2) is 72.8 Å². The Morgan fingerprint density at radius 1 is 0.902 bits per heavy atom. The topological polar surface area (TPSA) is 127 Å². The van der Waals surface area contributed by atoms with Crippen LogP contribution in [-0.4, -0.2) is 41.7 Å². The largest absolute Gasteiger partial charge is 0.478 e. The summed E-state index contributed by atoms with van der Waals surface area (Å²) in [5, 5.41) is 23.6. The highest BCUT2D eigenvalue weighted by Crippen LogP contribution is 2.30. The number of hydrogen-bond donors (Lipinski definition) is 2. The number of aryl methyl sites for hydroxylation is 2. The Morgan fingerprint density at radius 2 is 1.63 bits per heavy atom. The van der Waals surface area contributed by atoms with Gasteiger partial charge in [0.05, 0.1) is 11.3 Å². The van der Waals surface area contributed by atoms with Crippen molar-refractivity contribution in [3.05, 3.63) is 107 Å². The summed E-state index contributed by atoms with van der Waals surface area (Å²) in [6, 6.07) is 23.1. The van der Waals surface area contributed by atoms with Crippen LogP contribution in [0, 0.1) is 0 Å². The fourth-order valence-electron chi connectivity index (χ4n) is 4.71. The third kappa shape index (κ3) is 6.63. The smallest absolute Gasteiger partial charge is 0.335 e. The molecule has 0 saturated heterocycles. The van der Waals surface area contributed by atoms with Gasteiger partial charge in [0.15, 0.2) is 5.82 Å². The first-order valence-electron chi connectivity index (χ1n) is 13.8. The second kappa shape index (κ2) is 13.0. The molecule has 2 N–H and O–H groups in total. The SMILES string of the molecule is CCCCc1nc(CC)c(Cc2ccc(C(=O)O)cc2)c(OCc2ccc(-c3ccccc3-c3nnn[nH]3)cc2)n1. The number of tetrazole rings is 1. The Morgan fingerprint density at radius 3 is 2.29 bits per heavy atom. The zero-order valence-corrected chi connectivity index (χ0v) is 23.2. The summed E-state index contributed by atoms with van der Waals surface area (Å²) >= 11 is 0. The summed E-state index contributed by atoms with van der Waals surface area (Å²) in [5.41, 5.74) is 7.13. The zero-order valence-electron chi connectivity index (χ0n) is 23.2. The zero-order chi connectivity index (χ0) is 28.6. The van der Waals surface area contributed by atoms with Gasteiger partial charge in [-0.1, -0.05) is 80.9 Å². The molecular weight excluding hydrogens is 516 g/mol. The number of benzene rings is 3. The highest BCUT2D eigenvalue weighted by molar-refractivity contribution is 5.87. The lowest BCUT2D eigenvalue weighted by atomic mass is 9.98. The minimum absolute atomic E-state index is 0.260. The highest BCUT2D eigenvalue weighted by atomic mass is 16.5. The van der Waals surface area contributed by atoms with Gasteiger partial charge in [-0.15, -0.1) is 5.10 Å². The first-order chi connectivity index (χ1) is 20.1. The lowest BCUT2D eigenvalue weighted by Crippen LogP contribution is -2.10. The number of carboxylic acid groups (broad SMARTS) is 1. The van der Waals surface area contributed by atoms with Crippen molar-refractivity contribution < 1.29 is 14.6 Å². The summed E-state index contributed by atoms with van der Waals surface area (Å²) in [7, 11) is 0. The van der Waals surface area contributed by atoms with Crippen molar-refractivity contribution in [3.8, 4) is 28.4 Å². The minimum Gasteiger partial charge on any atom is -0.478 e. The van der Waals surface area contributed by atoms with E-state index in [0.717, 1.165) is 70.6 Å². The van der Waals surface area contributed by atoms with Crippen LogP contribution < -0.4 is 4.74 Å². The van der Waals surface area contributed by atoms with Crippen molar-refractivity contribution in [2.24, 2.45) is 0 Å². The fraction of sp³-hybridized carbons (Fsp3) is 0.250. The van der Waals surface area contributed by atoms with Crippen molar-refractivity contribution >= 4 is 5.97 Å². The highest BCUT2D eigenvalue weighted by Gasteiger charge is 2.17. The molecule has 0 spiro atoms. The number of carboxylic acids is 1. The molecule has 0 saturated carbocycles. The van der Waals surface area contributed by atoms with E-state index in [0.29, 0.717) is 24.7 Å². The fourth-order valence-corrected chi connectivity index (χ4v) is 4.71. The number of aromatic amines is 1. The van der Waals surface area contributed by atoms with Crippen LogP contribution in [-0.2, 0) is 25.9 Å². The number of rotatable bonds is 12. The molecule has 5 rings (SSSR count). The molecule has 0 aliphatic carbocycles. The Labute approximate surface area is 238 Å². The van der Waals surface area contributed by atoms with Crippen molar-refractivity contribution in [1.29, 1.82) is 0 Å². The molecule has 0 radical (unpaired) electrons. The molecule has 2 heterocycles. The van der Waals surface area contributed by atoms with Crippen LogP contribution in [0.3, 0.4) is 0 Å². The predicted molar refractivity (Wildman–Crippen MR) is 156 cm³/mol. The molecule has 0 fully saturated rings. The number of nitrogens with one attached hydrogen (secondary N) is 1. The molecule has 9 nitrogen and oxygen atoms in total. The van der Waals surface area contributed by atoms with Gasteiger partial charge in [0.1, 0.15) is 12.4 Å². The number of aromatic nitrogens is 6. The monoisotopic (exact) mass is 548 g/mol. The van der Waals surface area contributed by atoms with Crippen LogP contribution in [0.25, 0.3) is 22.5 Å². The van der Waals surface area contributed by atoms with E-state index in [1.54, 1.807) is 12.1 Å². The number of unbranched alkanes of at least 4 members (excludes halogenated alkanes) is 1. The van der Waals surface area contributed by atoms with Gasteiger partial charge >= 0.3 is 5.97 Å². The summed E-state index contributed by atoms with van der Waals surface area (Å²) in [4.78, 5) is 21.0. The number of nitrogens with zero attached hydrogens (tertiary/aromatic N) is 5. The second-order valence-electron chi connectivity index (χ2n) is 9.79. The molecule has 2 aromatic heterocycles. The normalized spacial score (nSPS) is 11.0. The van der Waals surface area contributed by atoms with Crippen LogP contribution >= 0.6 is 0 Å². The van der Waals surface area contributed by atoms with Gasteiger partial charge in [0.2, 0.25) is 5.88 Å². The maximum absolute atomic E-state index is 11.3. The van der Waals surface area contributed by atoms with Gasteiger partial charge in [-0.3, -0.25) is 0 Å². The minimum atomic E-state index is -0.942. The van der Waals surface area contributed by atoms with Crippen LogP contribution in [0.4, 0.5) is 0 Å². The number of carbonyl (C=O) groups is 1. The maximum Gasteiger partial charge on any atom is 0.335 e. The van der Waals surface area contributed by atoms with E-state index in [-0.39, 0.29) is 5.56 Å². The van der Waals surface area contributed by atoms with Gasteiger partial charge in [-0.25, -0.2) is 14.9 Å². The number of hydrogen-bond acceptors (Lipinski definition) is 7. The average Bonchev–Trinajstić information content (AvgIpc) is 3.55. The molecule has 0 bridgehead atoms. The van der Waals surface area contributed by atoms with E-state index < -0.39 is 5.97 Å². The van der Waals surface area contributed by atoms with Crippen molar-refractivity contribution in [1.82, 2.24) is 30.6 Å². The molecular formula is C32H32N6O3. The van der Waals surface area contributed by atoms with Gasteiger partial charge in [-0.2, -0.15) is 4.98 Å². The van der Waals surface area contributed by atoms with E-state index in [1.807, 2.05) is 36.4 Å². The molecule has 5 aromatic rings. The molecule has 3 aromatic carbocycles. The van der Waals surface area contributed by atoms with Gasteiger partial charge in [-0.05, 0) is 57.7 Å². The van der Waals surface area contributed by atoms with Gasteiger partial charge in [0.25, 0.3) is 0 Å². The molecule has 0 amide bonds. The van der Waals surface area contributed by atoms with Crippen LogP contribution in [0.2, 0.25) is 0 Å². The summed E-state index contributed by atoms with van der Waals surface area (Å²) in [5.74, 6) is 1.05. The maximum atomic E-state index is 11.3. The Bertz CT molecular complexity index is 1600. The van der Waals surface area contributed by atoms with Crippen molar-refractivity contribution in [3.63, 3.8) is 0 Å². The number of H-pyrrole nitrogens is 1. The number of aromatic carboxylic acids is 1. The van der Waals surface area contributed by atoms with Crippen LogP contribution in [0.5, 0.6) is 5.88 Å². The summed E-state index contributed by atoms with van der Waals surface area (Å²) < 4.78 is 6.37. The second-order valence-corrected chi connectivity index (χ2v) is 9.79. The van der Waals surface area contributed by atoms with E-state index in [1.165, 1.54) is 0 Å². The van der Waals surface area contributed by atoms with Crippen molar-refractivity contribution in [2.75, 3.05) is 0 Å². The van der Waals surface area contributed by atoms with E-state index in [4.69, 9.17) is 14.7 Å².